The molecule has 0 spiro atoms. The van der Waals surface area contributed by atoms with Crippen LogP contribution in [-0.2, 0) is 4.79 Å². The second kappa shape index (κ2) is 34.6. The molecular weight excluding hydrogens is 518 g/mol. The summed E-state index contributed by atoms with van der Waals surface area (Å²) in [5.41, 5.74) is 5.84. The van der Waals surface area contributed by atoms with E-state index >= 15 is 0 Å². The Bertz CT molecular complexity index is 569. The molecule has 0 aliphatic heterocycles. The Balaban J connectivity index is 3.56. The van der Waals surface area contributed by atoms with Crippen molar-refractivity contribution in [2.75, 3.05) is 13.1 Å². The average Bonchev–Trinajstić information content (AvgIpc) is 2.99. The van der Waals surface area contributed by atoms with Gasteiger partial charge in [0.2, 0.25) is 5.91 Å². The molecular formula is C37H75N3O2. The Hall–Kier alpha value is -0.910. The zero-order valence-electron chi connectivity index (χ0n) is 28.5. The van der Waals surface area contributed by atoms with Crippen LogP contribution in [0.15, 0.2) is 12.2 Å². The van der Waals surface area contributed by atoms with Crippen molar-refractivity contribution >= 4 is 5.91 Å². The number of nitrogens with two attached hydrogens (primary N) is 1. The van der Waals surface area contributed by atoms with Crippen LogP contribution in [0.1, 0.15) is 194 Å². The van der Waals surface area contributed by atoms with E-state index in [-0.39, 0.29) is 12.5 Å². The van der Waals surface area contributed by atoms with Gasteiger partial charge in [-0.1, -0.05) is 161 Å². The lowest BCUT2D eigenvalue weighted by Crippen LogP contribution is -2.53. The van der Waals surface area contributed by atoms with Gasteiger partial charge in [-0.05, 0) is 45.1 Å². The highest BCUT2D eigenvalue weighted by Gasteiger charge is 2.18. The van der Waals surface area contributed by atoms with E-state index in [2.05, 4.69) is 36.6 Å². The van der Waals surface area contributed by atoms with Crippen LogP contribution in [0.2, 0.25) is 0 Å². The number of rotatable bonds is 34. The number of hydrogen-bond acceptors (Lipinski definition) is 4. The van der Waals surface area contributed by atoms with E-state index in [0.717, 1.165) is 25.8 Å². The fraction of sp³-hybridized carbons (Fsp3) is 0.919. The Morgan fingerprint density at radius 1 is 0.595 bits per heavy atom. The molecule has 2 unspecified atom stereocenters. The lowest BCUT2D eigenvalue weighted by molar-refractivity contribution is -0.122. The maximum Gasteiger partial charge on any atom is 0.220 e. The topological polar surface area (TPSA) is 87.4 Å². The Morgan fingerprint density at radius 2 is 0.976 bits per heavy atom. The van der Waals surface area contributed by atoms with Crippen molar-refractivity contribution in [3.63, 3.8) is 0 Å². The molecule has 0 saturated carbocycles. The van der Waals surface area contributed by atoms with Crippen LogP contribution < -0.4 is 16.4 Å². The molecule has 1 amide bonds. The smallest absolute Gasteiger partial charge is 0.220 e. The second-order valence-corrected chi connectivity index (χ2v) is 12.7. The van der Waals surface area contributed by atoms with Gasteiger partial charge in [-0.3, -0.25) is 10.1 Å². The Labute approximate surface area is 263 Å². The van der Waals surface area contributed by atoms with Crippen LogP contribution in [0.3, 0.4) is 0 Å². The quantitative estimate of drug-likeness (QED) is 0.0340. The second-order valence-electron chi connectivity index (χ2n) is 12.7. The number of nitrogens with one attached hydrogen (secondary N) is 2. The largest absolute Gasteiger partial charge is 0.376 e. The number of amides is 1. The van der Waals surface area contributed by atoms with Crippen LogP contribution in [-0.4, -0.2) is 36.4 Å². The molecule has 0 fully saturated rings. The summed E-state index contributed by atoms with van der Waals surface area (Å²) in [6, 6.07) is -0.424. The van der Waals surface area contributed by atoms with E-state index < -0.39 is 12.3 Å². The van der Waals surface area contributed by atoms with Crippen molar-refractivity contribution < 1.29 is 9.90 Å². The summed E-state index contributed by atoms with van der Waals surface area (Å²) in [6.07, 6.45) is 39.5. The number of hydrogen-bond donors (Lipinski definition) is 4. The van der Waals surface area contributed by atoms with Crippen molar-refractivity contribution in [3.05, 3.63) is 12.2 Å². The fourth-order valence-corrected chi connectivity index (χ4v) is 5.61. The summed E-state index contributed by atoms with van der Waals surface area (Å²) in [5, 5.41) is 16.5. The minimum Gasteiger partial charge on any atom is -0.376 e. The molecule has 0 aromatic carbocycles. The summed E-state index contributed by atoms with van der Waals surface area (Å²) in [5.74, 6) is 0.000389. The predicted octanol–water partition coefficient (Wildman–Crippen LogP) is 9.86. The van der Waals surface area contributed by atoms with E-state index in [1.54, 1.807) is 0 Å². The number of unbranched alkanes of at least 4 members (excludes halogenated alkanes) is 24. The van der Waals surface area contributed by atoms with Crippen LogP contribution in [0.25, 0.3) is 0 Å². The number of aliphatic hydroxyl groups excluding tert-OH is 1. The molecule has 5 N–H and O–H groups in total. The van der Waals surface area contributed by atoms with Crippen LogP contribution in [0.5, 0.6) is 0 Å². The summed E-state index contributed by atoms with van der Waals surface area (Å²) in [4.78, 5) is 12.3. The van der Waals surface area contributed by atoms with Gasteiger partial charge in [0.15, 0.2) is 0 Å². The van der Waals surface area contributed by atoms with Gasteiger partial charge in [-0.25, -0.2) is 0 Å². The van der Waals surface area contributed by atoms with Gasteiger partial charge in [0, 0.05) is 13.0 Å². The molecule has 250 valence electrons. The molecule has 42 heavy (non-hydrogen) atoms. The first kappa shape index (κ1) is 41.1. The van der Waals surface area contributed by atoms with Crippen molar-refractivity contribution in [1.82, 2.24) is 10.6 Å². The van der Waals surface area contributed by atoms with Gasteiger partial charge in [-0.15, -0.1) is 0 Å². The Kier molecular flexibility index (Phi) is 33.8. The van der Waals surface area contributed by atoms with Gasteiger partial charge in [-0.2, -0.15) is 0 Å². The number of allylic oxidation sites excluding steroid dienone is 2. The van der Waals surface area contributed by atoms with Crippen molar-refractivity contribution in [2.45, 2.75) is 206 Å². The van der Waals surface area contributed by atoms with Crippen LogP contribution in [0.4, 0.5) is 0 Å². The minimum atomic E-state index is -0.782. The number of aliphatic hydroxyl groups is 1. The van der Waals surface area contributed by atoms with E-state index in [4.69, 9.17) is 5.73 Å². The first-order chi connectivity index (χ1) is 20.7. The van der Waals surface area contributed by atoms with Gasteiger partial charge < -0.3 is 16.2 Å². The van der Waals surface area contributed by atoms with E-state index in [0.29, 0.717) is 6.42 Å². The van der Waals surface area contributed by atoms with Crippen LogP contribution >= 0.6 is 0 Å². The standard InChI is InChI=1S/C37H75N3O2/c1-3-5-7-9-11-13-15-17-19-20-22-24-26-28-30-32-36(41)40-35(34-38)37(42)39-33-31-29-27-25-23-21-18-16-14-12-10-8-6-4-2/h17,19,35,37,39,42H,3-16,18,20-34,38H2,1-2H3,(H,40,41)/b19-17+. The average molecular weight is 594 g/mol. The highest BCUT2D eigenvalue weighted by Crippen LogP contribution is 2.13. The number of carbonyl (C=O) groups is 1. The summed E-state index contributed by atoms with van der Waals surface area (Å²) in [7, 11) is 0. The predicted molar refractivity (Wildman–Crippen MR) is 185 cm³/mol. The minimum absolute atomic E-state index is 0.000389. The van der Waals surface area contributed by atoms with Crippen molar-refractivity contribution in [1.29, 1.82) is 0 Å². The fourth-order valence-electron chi connectivity index (χ4n) is 5.61. The van der Waals surface area contributed by atoms with E-state index in [1.807, 2.05) is 0 Å². The normalized spacial score (nSPS) is 13.1. The Morgan fingerprint density at radius 3 is 1.40 bits per heavy atom. The molecule has 0 saturated heterocycles. The maximum atomic E-state index is 12.3. The SMILES string of the molecule is CCCCCCCC/C=C/CCCCCCCC(=O)NC(CN)C(O)NCCCCCCCCCCCCCCCC. The van der Waals surface area contributed by atoms with Crippen LogP contribution in [0, 0.1) is 0 Å². The molecule has 0 rings (SSSR count). The molecule has 0 bridgehead atoms. The van der Waals surface area contributed by atoms with Gasteiger partial charge in [0.25, 0.3) is 0 Å². The number of carbonyl (C=O) groups excluding carboxylic acids is 1. The lowest BCUT2D eigenvalue weighted by Gasteiger charge is -2.23. The zero-order valence-corrected chi connectivity index (χ0v) is 28.5. The van der Waals surface area contributed by atoms with Gasteiger partial charge in [0.05, 0.1) is 6.04 Å². The van der Waals surface area contributed by atoms with Crippen molar-refractivity contribution in [3.8, 4) is 0 Å². The molecule has 5 heteroatoms. The first-order valence-corrected chi connectivity index (χ1v) is 18.7. The monoisotopic (exact) mass is 594 g/mol. The van der Waals surface area contributed by atoms with E-state index in [1.165, 1.54) is 154 Å². The highest BCUT2D eigenvalue weighted by molar-refractivity contribution is 5.76. The summed E-state index contributed by atoms with van der Waals surface area (Å²) < 4.78 is 0. The first-order valence-electron chi connectivity index (χ1n) is 18.7. The highest BCUT2D eigenvalue weighted by atomic mass is 16.3. The summed E-state index contributed by atoms with van der Waals surface area (Å²) in [6.45, 7) is 5.55. The van der Waals surface area contributed by atoms with Gasteiger partial charge >= 0.3 is 0 Å². The van der Waals surface area contributed by atoms with E-state index in [9.17, 15) is 9.90 Å². The molecule has 0 radical (unpaired) electrons. The molecule has 0 heterocycles. The third kappa shape index (κ3) is 30.5. The maximum absolute atomic E-state index is 12.3. The third-order valence-corrected chi connectivity index (χ3v) is 8.53. The zero-order chi connectivity index (χ0) is 30.8. The molecule has 0 aromatic heterocycles. The lowest BCUT2D eigenvalue weighted by atomic mass is 10.0. The molecule has 0 aliphatic carbocycles. The molecule has 5 nitrogen and oxygen atoms in total. The van der Waals surface area contributed by atoms with Crippen molar-refractivity contribution in [2.24, 2.45) is 5.73 Å². The third-order valence-electron chi connectivity index (χ3n) is 8.53. The molecule has 0 aliphatic rings. The summed E-state index contributed by atoms with van der Waals surface area (Å²) >= 11 is 0. The molecule has 2 atom stereocenters. The van der Waals surface area contributed by atoms with Gasteiger partial charge in [0.1, 0.15) is 6.23 Å². The molecule has 0 aromatic rings.